The van der Waals surface area contributed by atoms with Gasteiger partial charge in [-0.2, -0.15) is 5.10 Å². The minimum atomic E-state index is -1.11. The lowest BCUT2D eigenvalue weighted by molar-refractivity contribution is 0.0690. The van der Waals surface area contributed by atoms with Crippen LogP contribution in [-0.2, 0) is 0 Å². The number of carbonyl (C=O) groups is 2. The molecule has 0 saturated carbocycles. The van der Waals surface area contributed by atoms with E-state index in [2.05, 4.69) is 10.2 Å². The predicted molar refractivity (Wildman–Crippen MR) is 49.3 cm³/mol. The lowest BCUT2D eigenvalue weighted by Gasteiger charge is -1.99. The van der Waals surface area contributed by atoms with Crippen LogP contribution in [0.2, 0.25) is 0 Å². The van der Waals surface area contributed by atoms with Crippen LogP contribution in [0.5, 0.6) is 0 Å². The number of H-pyrrole nitrogens is 1. The van der Waals surface area contributed by atoms with Crippen molar-refractivity contribution >= 4 is 11.8 Å². The third-order valence-electron chi connectivity index (χ3n) is 1.69. The van der Waals surface area contributed by atoms with Crippen LogP contribution in [0.1, 0.15) is 41.2 Å². The number of hydrogen-bond acceptors (Lipinski definition) is 3. The van der Waals surface area contributed by atoms with Crippen LogP contribution in [0, 0.1) is 5.92 Å². The van der Waals surface area contributed by atoms with E-state index < -0.39 is 5.97 Å². The number of carboxylic acids is 1. The lowest BCUT2D eigenvalue weighted by Crippen LogP contribution is -2.03. The summed E-state index contributed by atoms with van der Waals surface area (Å²) in [7, 11) is 0. The van der Waals surface area contributed by atoms with Crippen molar-refractivity contribution in [3.63, 3.8) is 0 Å². The van der Waals surface area contributed by atoms with Gasteiger partial charge in [0.15, 0.2) is 5.78 Å². The number of rotatable bonds is 4. The van der Waals surface area contributed by atoms with E-state index in [0.29, 0.717) is 6.42 Å². The molecule has 0 aliphatic heterocycles. The third-order valence-corrected chi connectivity index (χ3v) is 1.69. The van der Waals surface area contributed by atoms with Gasteiger partial charge in [-0.15, -0.1) is 0 Å². The van der Waals surface area contributed by atoms with Gasteiger partial charge in [0.25, 0.3) is 0 Å². The second kappa shape index (κ2) is 4.04. The molecular weight excluding hydrogens is 184 g/mol. The number of ketones is 1. The van der Waals surface area contributed by atoms with E-state index in [0.717, 1.165) is 0 Å². The Labute approximate surface area is 81.1 Å². The molecule has 0 unspecified atom stereocenters. The summed E-state index contributed by atoms with van der Waals surface area (Å²) < 4.78 is 0. The van der Waals surface area contributed by atoms with Crippen molar-refractivity contribution in [3.05, 3.63) is 17.5 Å². The van der Waals surface area contributed by atoms with Gasteiger partial charge in [-0.1, -0.05) is 13.8 Å². The molecule has 1 heterocycles. The molecule has 1 aromatic rings. The molecule has 14 heavy (non-hydrogen) atoms. The van der Waals surface area contributed by atoms with Crippen LogP contribution in [0.3, 0.4) is 0 Å². The van der Waals surface area contributed by atoms with E-state index in [4.69, 9.17) is 5.11 Å². The monoisotopic (exact) mass is 196 g/mol. The zero-order valence-electron chi connectivity index (χ0n) is 8.07. The SMILES string of the molecule is CC(C)CC(=O)c1cc(C(=O)O)[nH]n1. The number of Topliss-reactive ketones (excluding diaryl/α,β-unsaturated/α-hetero) is 1. The van der Waals surface area contributed by atoms with Crippen LogP contribution in [-0.4, -0.2) is 27.1 Å². The average Bonchev–Trinajstić information content (AvgIpc) is 2.50. The van der Waals surface area contributed by atoms with E-state index in [9.17, 15) is 9.59 Å². The molecule has 1 rings (SSSR count). The number of aromatic carboxylic acids is 1. The van der Waals surface area contributed by atoms with Crippen LogP contribution < -0.4 is 0 Å². The molecule has 5 heteroatoms. The lowest BCUT2D eigenvalue weighted by atomic mass is 10.1. The molecule has 0 radical (unpaired) electrons. The van der Waals surface area contributed by atoms with E-state index in [1.165, 1.54) is 6.07 Å². The molecule has 0 saturated heterocycles. The van der Waals surface area contributed by atoms with E-state index in [1.54, 1.807) is 0 Å². The second-order valence-corrected chi connectivity index (χ2v) is 3.49. The van der Waals surface area contributed by atoms with Gasteiger partial charge in [0.2, 0.25) is 0 Å². The summed E-state index contributed by atoms with van der Waals surface area (Å²) in [5.74, 6) is -1.00. The molecular formula is C9H12N2O3. The number of nitrogens with zero attached hydrogens (tertiary/aromatic N) is 1. The first-order chi connectivity index (χ1) is 6.50. The first kappa shape index (κ1) is 10.4. The summed E-state index contributed by atoms with van der Waals surface area (Å²) in [4.78, 5) is 21.9. The van der Waals surface area contributed by atoms with Crippen molar-refractivity contribution in [2.45, 2.75) is 20.3 Å². The number of aromatic nitrogens is 2. The van der Waals surface area contributed by atoms with E-state index in [-0.39, 0.29) is 23.1 Å². The summed E-state index contributed by atoms with van der Waals surface area (Å²) in [6.07, 6.45) is 0.379. The molecule has 76 valence electrons. The second-order valence-electron chi connectivity index (χ2n) is 3.49. The van der Waals surface area contributed by atoms with Gasteiger partial charge in [0, 0.05) is 12.5 Å². The summed E-state index contributed by atoms with van der Waals surface area (Å²) in [5.41, 5.74) is 0.133. The number of carbonyl (C=O) groups excluding carboxylic acids is 1. The Balaban J connectivity index is 2.76. The fourth-order valence-electron chi connectivity index (χ4n) is 1.05. The Bertz CT molecular complexity index is 355. The molecule has 0 amide bonds. The summed E-state index contributed by atoms with van der Waals surface area (Å²) in [6, 6.07) is 1.26. The van der Waals surface area contributed by atoms with Crippen LogP contribution in [0.4, 0.5) is 0 Å². The molecule has 5 nitrogen and oxygen atoms in total. The van der Waals surface area contributed by atoms with E-state index in [1.807, 2.05) is 13.8 Å². The zero-order valence-corrected chi connectivity index (χ0v) is 8.07. The molecule has 0 aliphatic carbocycles. The highest BCUT2D eigenvalue weighted by Crippen LogP contribution is 2.08. The first-order valence-electron chi connectivity index (χ1n) is 4.32. The maximum absolute atomic E-state index is 11.4. The van der Waals surface area contributed by atoms with Crippen molar-refractivity contribution in [1.29, 1.82) is 0 Å². The largest absolute Gasteiger partial charge is 0.477 e. The molecule has 2 N–H and O–H groups in total. The fraction of sp³-hybridized carbons (Fsp3) is 0.444. The van der Waals surface area contributed by atoms with Gasteiger partial charge in [-0.05, 0) is 5.92 Å². The smallest absolute Gasteiger partial charge is 0.353 e. The molecule has 0 atom stereocenters. The Hall–Kier alpha value is -1.65. The molecule has 1 aromatic heterocycles. The van der Waals surface area contributed by atoms with Crippen LogP contribution >= 0.6 is 0 Å². The van der Waals surface area contributed by atoms with Gasteiger partial charge in [-0.25, -0.2) is 4.79 Å². The van der Waals surface area contributed by atoms with Gasteiger partial charge >= 0.3 is 5.97 Å². The summed E-state index contributed by atoms with van der Waals surface area (Å²) in [5, 5.41) is 14.5. The van der Waals surface area contributed by atoms with Crippen LogP contribution in [0.15, 0.2) is 6.07 Å². The number of carboxylic acid groups (broad SMARTS) is 1. The minimum Gasteiger partial charge on any atom is -0.477 e. The fourth-order valence-corrected chi connectivity index (χ4v) is 1.05. The van der Waals surface area contributed by atoms with Gasteiger partial charge < -0.3 is 5.11 Å². The topological polar surface area (TPSA) is 83.0 Å². The Morgan fingerprint density at radius 1 is 1.57 bits per heavy atom. The number of hydrogen-bond donors (Lipinski definition) is 2. The molecule has 0 aromatic carbocycles. The highest BCUT2D eigenvalue weighted by Gasteiger charge is 2.14. The first-order valence-corrected chi connectivity index (χ1v) is 4.32. The van der Waals surface area contributed by atoms with Crippen molar-refractivity contribution in [2.75, 3.05) is 0 Å². The molecule has 0 aliphatic rings. The van der Waals surface area contributed by atoms with E-state index >= 15 is 0 Å². The highest BCUT2D eigenvalue weighted by molar-refractivity contribution is 5.96. The Morgan fingerprint density at radius 3 is 2.64 bits per heavy atom. The van der Waals surface area contributed by atoms with Crippen LogP contribution in [0.25, 0.3) is 0 Å². The van der Waals surface area contributed by atoms with Crippen molar-refractivity contribution < 1.29 is 14.7 Å². The van der Waals surface area contributed by atoms with Gasteiger partial charge in [0.05, 0.1) is 0 Å². The third kappa shape index (κ3) is 2.42. The number of nitrogens with one attached hydrogen (secondary N) is 1. The zero-order chi connectivity index (χ0) is 10.7. The Morgan fingerprint density at radius 2 is 2.21 bits per heavy atom. The molecule has 0 bridgehead atoms. The van der Waals surface area contributed by atoms with Crippen molar-refractivity contribution in [2.24, 2.45) is 5.92 Å². The number of aromatic amines is 1. The van der Waals surface area contributed by atoms with Crippen molar-refractivity contribution in [3.8, 4) is 0 Å². The minimum absolute atomic E-state index is 0.0582. The maximum Gasteiger partial charge on any atom is 0.353 e. The summed E-state index contributed by atoms with van der Waals surface area (Å²) >= 11 is 0. The molecule has 0 fully saturated rings. The van der Waals surface area contributed by atoms with Gasteiger partial charge in [-0.3, -0.25) is 9.89 Å². The standard InChI is InChI=1S/C9H12N2O3/c1-5(2)3-8(12)6-4-7(9(13)14)11-10-6/h4-5H,3H2,1-2H3,(H,10,11)(H,13,14). The Kier molecular flexibility index (Phi) is 3.01. The average molecular weight is 196 g/mol. The quantitative estimate of drug-likeness (QED) is 0.712. The maximum atomic E-state index is 11.4. The highest BCUT2D eigenvalue weighted by atomic mass is 16.4. The molecule has 0 spiro atoms. The normalized spacial score (nSPS) is 10.5. The van der Waals surface area contributed by atoms with Crippen molar-refractivity contribution in [1.82, 2.24) is 10.2 Å². The summed E-state index contributed by atoms with van der Waals surface area (Å²) in [6.45, 7) is 3.84. The van der Waals surface area contributed by atoms with Gasteiger partial charge in [0.1, 0.15) is 11.4 Å². The predicted octanol–water partition coefficient (Wildman–Crippen LogP) is 1.34.